The highest BCUT2D eigenvalue weighted by molar-refractivity contribution is 6.31. The van der Waals surface area contributed by atoms with Crippen LogP contribution in [0.4, 0.5) is 5.88 Å². The van der Waals surface area contributed by atoms with E-state index in [-0.39, 0.29) is 22.4 Å². The van der Waals surface area contributed by atoms with E-state index in [2.05, 4.69) is 0 Å². The molecule has 0 radical (unpaired) electrons. The molecule has 0 spiro atoms. The van der Waals surface area contributed by atoms with Crippen molar-refractivity contribution < 1.29 is 9.21 Å². The van der Waals surface area contributed by atoms with Crippen LogP contribution in [0, 0.1) is 0 Å². The van der Waals surface area contributed by atoms with Crippen molar-refractivity contribution in [1.29, 1.82) is 0 Å². The van der Waals surface area contributed by atoms with Gasteiger partial charge in [0.25, 0.3) is 5.91 Å². The van der Waals surface area contributed by atoms with Gasteiger partial charge in [-0.25, -0.2) is 0 Å². The molecule has 0 fully saturated rings. The van der Waals surface area contributed by atoms with Crippen molar-refractivity contribution in [3.8, 4) is 0 Å². The third-order valence-electron chi connectivity index (χ3n) is 2.13. The Kier molecular flexibility index (Phi) is 2.32. The van der Waals surface area contributed by atoms with E-state index in [9.17, 15) is 9.59 Å². The van der Waals surface area contributed by atoms with Crippen molar-refractivity contribution in [3.63, 3.8) is 0 Å². The maximum absolute atomic E-state index is 11.8. The van der Waals surface area contributed by atoms with Crippen LogP contribution in [0.2, 0.25) is 5.02 Å². The molecule has 1 aromatic heterocycles. The van der Waals surface area contributed by atoms with E-state index in [1.165, 1.54) is 12.1 Å². The van der Waals surface area contributed by atoms with Gasteiger partial charge in [0.1, 0.15) is 11.1 Å². The molecule has 0 unspecified atom stereocenters. The molecule has 0 atom stereocenters. The Balaban J connectivity index is 2.96. The third-order valence-corrected chi connectivity index (χ3v) is 2.36. The Morgan fingerprint density at radius 3 is 2.69 bits per heavy atom. The molecule has 2 rings (SSSR count). The average molecular weight is 239 g/mol. The van der Waals surface area contributed by atoms with Crippen LogP contribution in [-0.2, 0) is 0 Å². The number of nitrogens with two attached hydrogens (primary N) is 2. The zero-order valence-corrected chi connectivity index (χ0v) is 8.75. The topological polar surface area (TPSA) is 99.3 Å². The van der Waals surface area contributed by atoms with Crippen LogP contribution in [0.1, 0.15) is 10.4 Å². The van der Waals surface area contributed by atoms with Gasteiger partial charge in [-0.05, 0) is 18.2 Å². The monoisotopic (exact) mass is 238 g/mol. The van der Waals surface area contributed by atoms with Gasteiger partial charge >= 0.3 is 0 Å². The van der Waals surface area contributed by atoms with Crippen molar-refractivity contribution in [1.82, 2.24) is 0 Å². The van der Waals surface area contributed by atoms with E-state index in [1.54, 1.807) is 6.07 Å². The number of anilines is 1. The molecule has 0 aliphatic carbocycles. The minimum absolute atomic E-state index is 0.176. The van der Waals surface area contributed by atoms with Crippen molar-refractivity contribution in [2.24, 2.45) is 5.73 Å². The fourth-order valence-electron chi connectivity index (χ4n) is 1.42. The largest absolute Gasteiger partial charge is 0.440 e. The van der Waals surface area contributed by atoms with E-state index in [0.29, 0.717) is 5.02 Å². The Bertz CT molecular complexity index is 648. The number of rotatable bonds is 1. The maximum Gasteiger partial charge on any atom is 0.258 e. The number of primary amides is 1. The third kappa shape index (κ3) is 1.51. The molecule has 2 aromatic rings. The summed E-state index contributed by atoms with van der Waals surface area (Å²) in [7, 11) is 0. The smallest absolute Gasteiger partial charge is 0.258 e. The second-order valence-electron chi connectivity index (χ2n) is 3.18. The zero-order chi connectivity index (χ0) is 11.9. The summed E-state index contributed by atoms with van der Waals surface area (Å²) < 4.78 is 5.11. The number of hydrogen-bond acceptors (Lipinski definition) is 4. The van der Waals surface area contributed by atoms with Crippen LogP contribution < -0.4 is 16.9 Å². The summed E-state index contributed by atoms with van der Waals surface area (Å²) in [5.74, 6) is -1.21. The Morgan fingerprint density at radius 1 is 1.38 bits per heavy atom. The molecule has 0 saturated carbocycles. The first-order chi connectivity index (χ1) is 7.50. The molecule has 0 saturated heterocycles. The highest BCUT2D eigenvalue weighted by atomic mass is 35.5. The van der Waals surface area contributed by atoms with E-state index in [1.807, 2.05) is 0 Å². The standard InChI is InChI=1S/C10H7ClN2O3/c11-4-1-2-6-5(3-4)8(14)7(9(12)15)10(13)16-6/h1-3H,13H2,(H2,12,15). The molecule has 0 bridgehead atoms. The van der Waals surface area contributed by atoms with Crippen LogP contribution in [0.5, 0.6) is 0 Å². The van der Waals surface area contributed by atoms with Crippen LogP contribution in [0.25, 0.3) is 11.0 Å². The Hall–Kier alpha value is -2.01. The van der Waals surface area contributed by atoms with Crippen LogP contribution in [-0.4, -0.2) is 5.91 Å². The van der Waals surface area contributed by atoms with Crippen LogP contribution in [0.3, 0.4) is 0 Å². The summed E-state index contributed by atoms with van der Waals surface area (Å²) in [4.78, 5) is 22.9. The second kappa shape index (κ2) is 3.53. The van der Waals surface area contributed by atoms with Crippen molar-refractivity contribution in [3.05, 3.63) is 39.0 Å². The number of fused-ring (bicyclic) bond motifs is 1. The number of nitrogen functional groups attached to an aromatic ring is 1. The molecule has 1 aromatic carbocycles. The minimum atomic E-state index is -0.923. The molecule has 1 heterocycles. The van der Waals surface area contributed by atoms with Crippen molar-refractivity contribution in [2.75, 3.05) is 5.73 Å². The summed E-state index contributed by atoms with van der Waals surface area (Å²) in [6, 6.07) is 4.45. The predicted octanol–water partition coefficient (Wildman–Crippen LogP) is 1.13. The quantitative estimate of drug-likeness (QED) is 0.778. The number of carbonyl (C=O) groups excluding carboxylic acids is 1. The predicted molar refractivity (Wildman–Crippen MR) is 60.4 cm³/mol. The van der Waals surface area contributed by atoms with Gasteiger partial charge in [0.05, 0.1) is 5.39 Å². The van der Waals surface area contributed by atoms with Gasteiger partial charge in [0, 0.05) is 5.02 Å². The van der Waals surface area contributed by atoms with Gasteiger partial charge in [0.2, 0.25) is 11.3 Å². The van der Waals surface area contributed by atoms with Gasteiger partial charge in [-0.15, -0.1) is 0 Å². The van der Waals surface area contributed by atoms with Crippen LogP contribution >= 0.6 is 11.6 Å². The Morgan fingerprint density at radius 2 is 2.06 bits per heavy atom. The molecule has 4 N–H and O–H groups in total. The van der Waals surface area contributed by atoms with E-state index in [0.717, 1.165) is 0 Å². The SMILES string of the molecule is NC(=O)c1c(N)oc2ccc(Cl)cc2c1=O. The summed E-state index contributed by atoms with van der Waals surface area (Å²) in [5, 5.41) is 0.537. The number of amides is 1. The fourth-order valence-corrected chi connectivity index (χ4v) is 1.59. The molecule has 0 aliphatic rings. The minimum Gasteiger partial charge on any atom is -0.440 e. The first-order valence-electron chi connectivity index (χ1n) is 4.32. The number of halogens is 1. The van der Waals surface area contributed by atoms with Gasteiger partial charge < -0.3 is 15.9 Å². The first kappa shape index (κ1) is 10.5. The molecule has 16 heavy (non-hydrogen) atoms. The molecule has 0 aliphatic heterocycles. The van der Waals surface area contributed by atoms with Gasteiger partial charge in [-0.3, -0.25) is 9.59 Å². The molecule has 82 valence electrons. The van der Waals surface area contributed by atoms with E-state index in [4.69, 9.17) is 27.5 Å². The lowest BCUT2D eigenvalue weighted by molar-refractivity contribution is 0.0999. The number of carbonyl (C=O) groups is 1. The fraction of sp³-hybridized carbons (Fsp3) is 0. The second-order valence-corrected chi connectivity index (χ2v) is 3.61. The molecular formula is C10H7ClN2O3. The highest BCUT2D eigenvalue weighted by Crippen LogP contribution is 2.20. The normalized spacial score (nSPS) is 10.6. The maximum atomic E-state index is 11.8. The van der Waals surface area contributed by atoms with Crippen LogP contribution in [0.15, 0.2) is 27.4 Å². The average Bonchev–Trinajstić information content (AvgIpc) is 2.19. The molecule has 5 nitrogen and oxygen atoms in total. The van der Waals surface area contributed by atoms with Gasteiger partial charge in [-0.2, -0.15) is 0 Å². The van der Waals surface area contributed by atoms with E-state index >= 15 is 0 Å². The summed E-state index contributed by atoms with van der Waals surface area (Å²) in [6.07, 6.45) is 0. The van der Waals surface area contributed by atoms with Gasteiger partial charge in [-0.1, -0.05) is 11.6 Å². The summed E-state index contributed by atoms with van der Waals surface area (Å²) in [6.45, 7) is 0. The lowest BCUT2D eigenvalue weighted by atomic mass is 10.1. The first-order valence-corrected chi connectivity index (χ1v) is 4.70. The lowest BCUT2D eigenvalue weighted by Gasteiger charge is -2.03. The lowest BCUT2D eigenvalue weighted by Crippen LogP contribution is -2.23. The van der Waals surface area contributed by atoms with Gasteiger partial charge in [0.15, 0.2) is 0 Å². The molecular weight excluding hydrogens is 232 g/mol. The van der Waals surface area contributed by atoms with Crippen molar-refractivity contribution in [2.45, 2.75) is 0 Å². The zero-order valence-electron chi connectivity index (χ0n) is 7.99. The number of benzene rings is 1. The van der Waals surface area contributed by atoms with E-state index < -0.39 is 11.3 Å². The summed E-state index contributed by atoms with van der Waals surface area (Å²) >= 11 is 5.73. The number of hydrogen-bond donors (Lipinski definition) is 2. The highest BCUT2D eigenvalue weighted by Gasteiger charge is 2.16. The summed E-state index contributed by atoms with van der Waals surface area (Å²) in [5.41, 5.74) is 9.79. The Labute approximate surface area is 94.6 Å². The molecule has 6 heteroatoms. The molecule has 1 amide bonds. The van der Waals surface area contributed by atoms with Crippen molar-refractivity contribution >= 4 is 34.4 Å².